The first kappa shape index (κ1) is 62.8. The van der Waals surface area contributed by atoms with Gasteiger partial charge in [0, 0.05) is 10.8 Å². The van der Waals surface area contributed by atoms with E-state index in [-0.39, 0.29) is 40.9 Å². The molecule has 24 nitrogen and oxygen atoms in total. The van der Waals surface area contributed by atoms with E-state index in [1.54, 1.807) is 13.8 Å². The summed E-state index contributed by atoms with van der Waals surface area (Å²) in [6.45, 7) is 13.4. The van der Waals surface area contributed by atoms with E-state index >= 15 is 0 Å². The monoisotopic (exact) mass is 1120 g/mol. The normalized spacial score (nSPS) is 51.4. The highest BCUT2D eigenvalue weighted by molar-refractivity contribution is 5.32. The second-order valence-corrected chi connectivity index (χ2v) is 25.8. The molecule has 8 rings (SSSR count). The second kappa shape index (κ2) is 23.7. The molecule has 4 saturated heterocycles. The van der Waals surface area contributed by atoms with Gasteiger partial charge in [-0.2, -0.15) is 0 Å². The van der Waals surface area contributed by atoms with Crippen LogP contribution in [-0.2, 0) is 37.9 Å². The highest BCUT2D eigenvalue weighted by Crippen LogP contribution is 2.75. The maximum Gasteiger partial charge on any atom is 0.187 e. The predicted molar refractivity (Wildman–Crippen MR) is 268 cm³/mol. The number of rotatable bonds is 17. The molecule has 4 heterocycles. The van der Waals surface area contributed by atoms with Gasteiger partial charge in [-0.1, -0.05) is 53.2 Å². The molecule has 4 aliphatic carbocycles. The summed E-state index contributed by atoms with van der Waals surface area (Å²) in [6.07, 6.45) is -27.1. The number of allylic oxidation sites excluding steroid dienone is 1. The molecular formula is C54H92O24. The lowest BCUT2D eigenvalue weighted by molar-refractivity contribution is -0.375. The summed E-state index contributed by atoms with van der Waals surface area (Å²) in [4.78, 5) is 0. The van der Waals surface area contributed by atoms with Crippen molar-refractivity contribution in [2.24, 2.45) is 45.3 Å². The quantitative estimate of drug-likeness (QED) is 0.0637. The Morgan fingerprint density at radius 2 is 1.04 bits per heavy atom. The highest BCUT2D eigenvalue weighted by atomic mass is 16.8. The Hall–Kier alpha value is -1.22. The largest absolute Gasteiger partial charge is 0.394 e. The average Bonchev–Trinajstić information content (AvgIpc) is 3.07. The van der Waals surface area contributed by atoms with Crippen LogP contribution < -0.4 is 0 Å². The van der Waals surface area contributed by atoms with Crippen molar-refractivity contribution in [3.8, 4) is 0 Å². The van der Waals surface area contributed by atoms with Crippen LogP contribution in [0.4, 0.5) is 0 Å². The molecule has 7 fully saturated rings. The minimum atomic E-state index is -1.85. The molecule has 0 aromatic rings. The zero-order chi connectivity index (χ0) is 57.5. The number of ether oxygens (including phenoxy) is 8. The summed E-state index contributed by atoms with van der Waals surface area (Å²) in [5, 5.41) is 172. The summed E-state index contributed by atoms with van der Waals surface area (Å²) in [7, 11) is 0. The van der Waals surface area contributed by atoms with Crippen molar-refractivity contribution < 1.29 is 120 Å². The van der Waals surface area contributed by atoms with Crippen LogP contribution in [0.1, 0.15) is 107 Å². The Bertz CT molecular complexity index is 2020. The predicted octanol–water partition coefficient (Wildman–Crippen LogP) is -3.23. The molecule has 30 atom stereocenters. The molecule has 0 spiro atoms. The molecule has 3 saturated carbocycles. The minimum Gasteiger partial charge on any atom is -0.394 e. The van der Waals surface area contributed by atoms with Gasteiger partial charge in [-0.05, 0) is 99.7 Å². The van der Waals surface area contributed by atoms with Crippen molar-refractivity contribution in [2.75, 3.05) is 26.4 Å². The Morgan fingerprint density at radius 1 is 0.564 bits per heavy atom. The average molecular weight is 1130 g/mol. The first-order valence-corrected chi connectivity index (χ1v) is 28.0. The SMILES string of the molecule is C[C@H](CC[C@@H](O[C@@H]1O[C@H](CO)[C@@H](O)[C@H](O)[C@H]1O[C@H]1O[C@@H](CO)[C@H](O)[C@@H](O)[C@@H]1O)C(C)(C)O)C1CC[C@@]2(C)C3CC=C4C(CC[C@H](O[C@@H]5O[C@H](CO)[C@@H](O[C@@H]6O[C@H](CO)[C@@H](O)[C@H](O)[C@H]6O)[C@H](O)[C@H]5O)C4(C)C)[C@]3(C)[C@H](O)C[C@]12C. The molecule has 4 aliphatic heterocycles. The van der Waals surface area contributed by atoms with Crippen molar-refractivity contribution in [2.45, 2.75) is 253 Å². The molecule has 0 amide bonds. The topological polar surface area (TPSA) is 398 Å². The Morgan fingerprint density at radius 3 is 1.58 bits per heavy atom. The molecule has 16 N–H and O–H groups in total. The van der Waals surface area contributed by atoms with Gasteiger partial charge in [-0.25, -0.2) is 0 Å². The van der Waals surface area contributed by atoms with E-state index in [1.165, 1.54) is 0 Å². The maximum absolute atomic E-state index is 12.7. The van der Waals surface area contributed by atoms with Crippen LogP contribution in [0.3, 0.4) is 0 Å². The van der Waals surface area contributed by atoms with E-state index in [4.69, 9.17) is 37.9 Å². The summed E-state index contributed by atoms with van der Waals surface area (Å²) in [5.74, 6) is 0.236. The van der Waals surface area contributed by atoms with Gasteiger partial charge in [0.15, 0.2) is 25.2 Å². The maximum atomic E-state index is 12.7. The van der Waals surface area contributed by atoms with Crippen LogP contribution in [0.25, 0.3) is 0 Å². The fourth-order valence-corrected chi connectivity index (χ4v) is 15.7. The van der Waals surface area contributed by atoms with Crippen molar-refractivity contribution in [1.82, 2.24) is 0 Å². The smallest absolute Gasteiger partial charge is 0.187 e. The zero-order valence-corrected chi connectivity index (χ0v) is 46.1. The lowest BCUT2D eigenvalue weighted by atomic mass is 9.38. The van der Waals surface area contributed by atoms with Gasteiger partial charge in [-0.3, -0.25) is 0 Å². The van der Waals surface area contributed by atoms with E-state index in [1.807, 2.05) is 0 Å². The summed E-state index contributed by atoms with van der Waals surface area (Å²) in [6, 6.07) is 0. The number of aliphatic hydroxyl groups is 16. The number of hydrogen-bond acceptors (Lipinski definition) is 24. The highest BCUT2D eigenvalue weighted by Gasteiger charge is 2.70. The summed E-state index contributed by atoms with van der Waals surface area (Å²) in [5.41, 5.74) is -2.12. The van der Waals surface area contributed by atoms with Gasteiger partial charge >= 0.3 is 0 Å². The number of aliphatic hydroxyl groups excluding tert-OH is 15. The van der Waals surface area contributed by atoms with Crippen molar-refractivity contribution in [3.63, 3.8) is 0 Å². The first-order valence-electron chi connectivity index (χ1n) is 28.0. The lowest BCUT2D eigenvalue weighted by Gasteiger charge is -2.67. The first-order chi connectivity index (χ1) is 36.5. The standard InChI is InChI=1S/C54H92O24/c1-22(9-13-33(51(4,5)70)76-49-45(39(65)36(62)28(20-57)73-49)78-48-42(68)38(64)35(61)27(19-56)72-48)23-15-16-52(6)30-12-10-24-25(54(30,8)31(59)17-53(23,52)7)11-14-32(50(24,2)3)75-46-43(69)40(66)44(29(21-58)74-46)77-47-41(67)37(63)34(60)26(18-55)71-47/h10,22-23,25-49,55-70H,9,11-21H2,1-8H3/t22-,23?,25?,26-,27+,28-,29-,30?,31-,32+,33-,34-,35+,36-,37+,38-,39+,40-,41-,42+,43-,44-,45-,46+,47+,48-,49+,52+,53-,54+/m1/s1. The van der Waals surface area contributed by atoms with Crippen molar-refractivity contribution >= 4 is 0 Å². The van der Waals surface area contributed by atoms with Crippen LogP contribution >= 0.6 is 0 Å². The van der Waals surface area contributed by atoms with E-state index < -0.39 is 184 Å². The van der Waals surface area contributed by atoms with Gasteiger partial charge < -0.3 is 120 Å². The third kappa shape index (κ3) is 10.8. The molecule has 24 heteroatoms. The van der Waals surface area contributed by atoms with Gasteiger partial charge in [0.25, 0.3) is 0 Å². The summed E-state index contributed by atoms with van der Waals surface area (Å²) < 4.78 is 47.6. The molecule has 3 unspecified atom stereocenters. The minimum absolute atomic E-state index is 0.0338. The Balaban J connectivity index is 0.942. The fraction of sp³-hybridized carbons (Fsp3) is 0.963. The van der Waals surface area contributed by atoms with Crippen molar-refractivity contribution in [1.29, 1.82) is 0 Å². The second-order valence-electron chi connectivity index (χ2n) is 25.8. The van der Waals surface area contributed by atoms with E-state index in [2.05, 4.69) is 47.6 Å². The third-order valence-electron chi connectivity index (χ3n) is 20.8. The molecule has 8 aliphatic rings. The van der Waals surface area contributed by atoms with Crippen LogP contribution in [0.2, 0.25) is 0 Å². The fourth-order valence-electron chi connectivity index (χ4n) is 15.7. The van der Waals surface area contributed by atoms with E-state index in [9.17, 15) is 81.7 Å². The number of fused-ring (bicyclic) bond motifs is 5. The molecule has 0 radical (unpaired) electrons. The van der Waals surface area contributed by atoms with E-state index in [0.29, 0.717) is 32.1 Å². The Kier molecular flexibility index (Phi) is 19.1. The van der Waals surface area contributed by atoms with Crippen LogP contribution in [0.15, 0.2) is 11.6 Å². The van der Waals surface area contributed by atoms with Crippen LogP contribution in [0.5, 0.6) is 0 Å². The molecule has 0 aromatic heterocycles. The molecule has 452 valence electrons. The van der Waals surface area contributed by atoms with Crippen LogP contribution in [0, 0.1) is 45.3 Å². The van der Waals surface area contributed by atoms with Gasteiger partial charge in [-0.15, -0.1) is 0 Å². The Labute approximate surface area is 455 Å². The molecule has 0 bridgehead atoms. The zero-order valence-electron chi connectivity index (χ0n) is 46.1. The lowest BCUT2D eigenvalue weighted by Crippen LogP contribution is -2.66. The summed E-state index contributed by atoms with van der Waals surface area (Å²) >= 11 is 0. The van der Waals surface area contributed by atoms with Gasteiger partial charge in [0.1, 0.15) is 97.7 Å². The molecular weight excluding hydrogens is 1030 g/mol. The number of hydrogen-bond donors (Lipinski definition) is 16. The molecule has 78 heavy (non-hydrogen) atoms. The third-order valence-corrected chi connectivity index (χ3v) is 20.8. The van der Waals surface area contributed by atoms with Crippen molar-refractivity contribution in [3.05, 3.63) is 11.6 Å². The van der Waals surface area contributed by atoms with Crippen LogP contribution in [-0.4, -0.2) is 255 Å². The van der Waals surface area contributed by atoms with Gasteiger partial charge in [0.2, 0.25) is 0 Å². The van der Waals surface area contributed by atoms with E-state index in [0.717, 1.165) is 18.4 Å². The molecule has 0 aromatic carbocycles. The van der Waals surface area contributed by atoms with Gasteiger partial charge in [0.05, 0.1) is 50.3 Å².